The summed E-state index contributed by atoms with van der Waals surface area (Å²) in [5.74, 6) is 1.15. The van der Waals surface area contributed by atoms with Gasteiger partial charge in [0, 0.05) is 6.42 Å². The summed E-state index contributed by atoms with van der Waals surface area (Å²) in [4.78, 5) is 11.2. The summed E-state index contributed by atoms with van der Waals surface area (Å²) in [7, 11) is 3.11. The number of benzene rings is 1. The molecule has 0 N–H and O–H groups in total. The van der Waals surface area contributed by atoms with Crippen molar-refractivity contribution in [3.63, 3.8) is 0 Å². The zero-order valence-electron chi connectivity index (χ0n) is 9.66. The second-order valence-corrected chi connectivity index (χ2v) is 4.19. The molecule has 0 bridgehead atoms. The van der Waals surface area contributed by atoms with Gasteiger partial charge in [0.05, 0.1) is 14.2 Å². The van der Waals surface area contributed by atoms with Crippen LogP contribution in [0.5, 0.6) is 5.75 Å². The first-order valence-corrected chi connectivity index (χ1v) is 5.45. The number of fused-ring (bicyclic) bond motifs is 1. The maximum atomic E-state index is 11.2. The van der Waals surface area contributed by atoms with E-state index in [1.165, 1.54) is 18.2 Å². The third kappa shape index (κ3) is 2.18. The smallest absolute Gasteiger partial charge is 0.305 e. The SMILES string of the molecule is COC(=O)CC1Cc2ccc(OC)cc2C1. The minimum absolute atomic E-state index is 0.121. The van der Waals surface area contributed by atoms with Crippen LogP contribution in [0.25, 0.3) is 0 Å². The Morgan fingerprint density at radius 2 is 2.06 bits per heavy atom. The number of hydrogen-bond acceptors (Lipinski definition) is 3. The van der Waals surface area contributed by atoms with Crippen LogP contribution >= 0.6 is 0 Å². The summed E-state index contributed by atoms with van der Waals surface area (Å²) in [6, 6.07) is 6.12. The van der Waals surface area contributed by atoms with E-state index >= 15 is 0 Å². The lowest BCUT2D eigenvalue weighted by Gasteiger charge is -2.05. The van der Waals surface area contributed by atoms with Gasteiger partial charge in [0.1, 0.15) is 5.75 Å². The van der Waals surface area contributed by atoms with Crippen molar-refractivity contribution in [1.82, 2.24) is 0 Å². The van der Waals surface area contributed by atoms with Crippen molar-refractivity contribution in [2.45, 2.75) is 19.3 Å². The van der Waals surface area contributed by atoms with E-state index in [1.807, 2.05) is 6.07 Å². The van der Waals surface area contributed by atoms with Crippen LogP contribution in [0.3, 0.4) is 0 Å². The molecule has 0 saturated carbocycles. The first kappa shape index (κ1) is 11.0. The molecule has 0 spiro atoms. The van der Waals surface area contributed by atoms with Crippen LogP contribution in [0.2, 0.25) is 0 Å². The number of carbonyl (C=O) groups is 1. The molecule has 1 aliphatic carbocycles. The van der Waals surface area contributed by atoms with Crippen LogP contribution < -0.4 is 4.74 Å². The first-order chi connectivity index (χ1) is 7.72. The van der Waals surface area contributed by atoms with Gasteiger partial charge in [0.15, 0.2) is 0 Å². The molecule has 0 aromatic heterocycles. The second-order valence-electron chi connectivity index (χ2n) is 4.19. The Morgan fingerprint density at radius 3 is 2.75 bits per heavy atom. The Kier molecular flexibility index (Phi) is 3.13. The molecule has 0 aliphatic heterocycles. The zero-order valence-corrected chi connectivity index (χ0v) is 9.66. The summed E-state index contributed by atoms with van der Waals surface area (Å²) in [6.07, 6.45) is 2.42. The Morgan fingerprint density at radius 1 is 1.31 bits per heavy atom. The van der Waals surface area contributed by atoms with E-state index in [0.717, 1.165) is 18.6 Å². The Balaban J connectivity index is 2.06. The fourth-order valence-corrected chi connectivity index (χ4v) is 2.28. The number of rotatable bonds is 3. The molecule has 3 nitrogen and oxygen atoms in total. The normalized spacial score (nSPS) is 18.0. The molecule has 1 unspecified atom stereocenters. The number of esters is 1. The fourth-order valence-electron chi connectivity index (χ4n) is 2.28. The van der Waals surface area contributed by atoms with Crippen LogP contribution in [0.4, 0.5) is 0 Å². The van der Waals surface area contributed by atoms with Crippen molar-refractivity contribution in [3.8, 4) is 5.75 Å². The molecule has 3 heteroatoms. The van der Waals surface area contributed by atoms with E-state index in [0.29, 0.717) is 12.3 Å². The number of ether oxygens (including phenoxy) is 2. The molecule has 1 aromatic carbocycles. The van der Waals surface area contributed by atoms with Gasteiger partial charge in [0.2, 0.25) is 0 Å². The molecule has 1 atom stereocenters. The summed E-state index contributed by atoms with van der Waals surface area (Å²) in [5, 5.41) is 0. The van der Waals surface area contributed by atoms with Crippen molar-refractivity contribution in [1.29, 1.82) is 0 Å². The molecule has 86 valence electrons. The second kappa shape index (κ2) is 4.56. The molecule has 0 heterocycles. The van der Waals surface area contributed by atoms with Gasteiger partial charge >= 0.3 is 5.97 Å². The molecule has 16 heavy (non-hydrogen) atoms. The van der Waals surface area contributed by atoms with Gasteiger partial charge in [-0.15, -0.1) is 0 Å². The summed E-state index contributed by atoms with van der Waals surface area (Å²) in [5.41, 5.74) is 2.63. The van der Waals surface area contributed by atoms with Crippen molar-refractivity contribution in [2.75, 3.05) is 14.2 Å². The Labute approximate surface area is 95.4 Å². The van der Waals surface area contributed by atoms with Gasteiger partial charge < -0.3 is 9.47 Å². The Hall–Kier alpha value is -1.51. The molecule has 0 fully saturated rings. The lowest BCUT2D eigenvalue weighted by atomic mass is 10.0. The highest BCUT2D eigenvalue weighted by molar-refractivity contribution is 5.69. The molecule has 0 radical (unpaired) electrons. The highest BCUT2D eigenvalue weighted by Crippen LogP contribution is 2.31. The standard InChI is InChI=1S/C13H16O3/c1-15-12-4-3-10-5-9(6-11(10)8-12)7-13(14)16-2/h3-4,8-9H,5-7H2,1-2H3. The number of hydrogen-bond donors (Lipinski definition) is 0. The lowest BCUT2D eigenvalue weighted by Crippen LogP contribution is -2.09. The molecule has 0 saturated heterocycles. The van der Waals surface area contributed by atoms with E-state index in [4.69, 9.17) is 9.47 Å². The largest absolute Gasteiger partial charge is 0.497 e. The van der Waals surface area contributed by atoms with Crippen molar-refractivity contribution in [3.05, 3.63) is 29.3 Å². The van der Waals surface area contributed by atoms with E-state index in [-0.39, 0.29) is 5.97 Å². The maximum absolute atomic E-state index is 11.2. The quantitative estimate of drug-likeness (QED) is 0.731. The van der Waals surface area contributed by atoms with Crippen LogP contribution in [0.1, 0.15) is 17.5 Å². The molecule has 2 rings (SSSR count). The minimum atomic E-state index is -0.121. The van der Waals surface area contributed by atoms with Crippen LogP contribution in [0.15, 0.2) is 18.2 Å². The van der Waals surface area contributed by atoms with Crippen molar-refractivity contribution >= 4 is 5.97 Å². The van der Waals surface area contributed by atoms with Gasteiger partial charge in [0.25, 0.3) is 0 Å². The van der Waals surface area contributed by atoms with E-state index in [9.17, 15) is 4.79 Å². The maximum Gasteiger partial charge on any atom is 0.305 e. The molecule has 1 aliphatic rings. The topological polar surface area (TPSA) is 35.5 Å². The number of carbonyl (C=O) groups excluding carboxylic acids is 1. The third-order valence-electron chi connectivity index (χ3n) is 3.11. The lowest BCUT2D eigenvalue weighted by molar-refractivity contribution is -0.141. The molecule has 1 aromatic rings. The molecule has 0 amide bonds. The summed E-state index contributed by atoms with van der Waals surface area (Å²) in [6.45, 7) is 0. The van der Waals surface area contributed by atoms with Gasteiger partial charge in [-0.2, -0.15) is 0 Å². The summed E-state index contributed by atoms with van der Waals surface area (Å²) >= 11 is 0. The van der Waals surface area contributed by atoms with Gasteiger partial charge in [-0.25, -0.2) is 0 Å². The minimum Gasteiger partial charge on any atom is -0.497 e. The average Bonchev–Trinajstić information content (AvgIpc) is 2.69. The van der Waals surface area contributed by atoms with Crippen molar-refractivity contribution in [2.24, 2.45) is 5.92 Å². The van der Waals surface area contributed by atoms with E-state index in [1.54, 1.807) is 7.11 Å². The predicted molar refractivity (Wildman–Crippen MR) is 60.5 cm³/mol. The van der Waals surface area contributed by atoms with Gasteiger partial charge in [-0.1, -0.05) is 6.07 Å². The number of methoxy groups -OCH3 is 2. The van der Waals surface area contributed by atoms with Gasteiger partial charge in [-0.3, -0.25) is 4.79 Å². The summed E-state index contributed by atoms with van der Waals surface area (Å²) < 4.78 is 9.88. The van der Waals surface area contributed by atoms with Crippen LogP contribution in [0, 0.1) is 5.92 Å². The van der Waals surface area contributed by atoms with Crippen LogP contribution in [-0.2, 0) is 22.4 Å². The van der Waals surface area contributed by atoms with E-state index in [2.05, 4.69) is 12.1 Å². The zero-order chi connectivity index (χ0) is 11.5. The van der Waals surface area contributed by atoms with Crippen molar-refractivity contribution < 1.29 is 14.3 Å². The third-order valence-corrected chi connectivity index (χ3v) is 3.11. The van der Waals surface area contributed by atoms with Gasteiger partial charge in [-0.05, 0) is 42.0 Å². The Bertz CT molecular complexity index is 398. The predicted octanol–water partition coefficient (Wildman–Crippen LogP) is 1.97. The van der Waals surface area contributed by atoms with E-state index < -0.39 is 0 Å². The molecular formula is C13H16O3. The fraction of sp³-hybridized carbons (Fsp3) is 0.462. The first-order valence-electron chi connectivity index (χ1n) is 5.45. The molecular weight excluding hydrogens is 204 g/mol. The highest BCUT2D eigenvalue weighted by atomic mass is 16.5. The highest BCUT2D eigenvalue weighted by Gasteiger charge is 2.24. The van der Waals surface area contributed by atoms with Crippen LogP contribution in [-0.4, -0.2) is 20.2 Å². The average molecular weight is 220 g/mol. The monoisotopic (exact) mass is 220 g/mol.